The number of rotatable bonds is 5. The van der Waals surface area contributed by atoms with Crippen molar-refractivity contribution in [3.05, 3.63) is 77.2 Å². The summed E-state index contributed by atoms with van der Waals surface area (Å²) in [5.74, 6) is -0.515. The van der Waals surface area contributed by atoms with Gasteiger partial charge in [-0.1, -0.05) is 11.6 Å². The van der Waals surface area contributed by atoms with Crippen molar-refractivity contribution in [2.24, 2.45) is 0 Å². The Morgan fingerprint density at radius 1 is 1.00 bits per heavy atom. The van der Waals surface area contributed by atoms with E-state index in [9.17, 15) is 9.59 Å². The quantitative estimate of drug-likeness (QED) is 0.505. The van der Waals surface area contributed by atoms with Gasteiger partial charge in [-0.25, -0.2) is 0 Å². The molecule has 0 saturated heterocycles. The number of nitrogens with one attached hydrogen (secondary N) is 2. The van der Waals surface area contributed by atoms with Gasteiger partial charge in [-0.05, 0) is 36.4 Å². The van der Waals surface area contributed by atoms with Crippen molar-refractivity contribution in [3.63, 3.8) is 0 Å². The lowest BCUT2D eigenvalue weighted by molar-refractivity contribution is 0.0939. The van der Waals surface area contributed by atoms with Crippen LogP contribution in [0, 0.1) is 0 Å². The van der Waals surface area contributed by atoms with Crippen LogP contribution in [0.5, 0.6) is 0 Å². The zero-order chi connectivity index (χ0) is 15.1. The molecule has 1 amide bonds. The molecule has 0 saturated carbocycles. The number of hydrogen-bond acceptors (Lipinski definition) is 4. The van der Waals surface area contributed by atoms with Crippen molar-refractivity contribution in [1.82, 2.24) is 15.8 Å². The van der Waals surface area contributed by atoms with Crippen LogP contribution in [0.1, 0.15) is 20.7 Å². The van der Waals surface area contributed by atoms with E-state index in [1.807, 2.05) is 0 Å². The Balaban J connectivity index is 1.84. The first-order chi connectivity index (χ1) is 10.2. The van der Waals surface area contributed by atoms with E-state index in [1.54, 1.807) is 36.4 Å². The lowest BCUT2D eigenvalue weighted by Crippen LogP contribution is -2.33. The van der Waals surface area contributed by atoms with Crippen molar-refractivity contribution in [2.75, 3.05) is 0 Å². The second-order valence-corrected chi connectivity index (χ2v) is 4.48. The Labute approximate surface area is 126 Å². The molecule has 21 heavy (non-hydrogen) atoms. The predicted molar refractivity (Wildman–Crippen MR) is 79.8 cm³/mol. The molecule has 0 unspecified atom stereocenters. The number of carbonyl (C=O) groups excluding carboxylic acids is 2. The molecule has 1 heterocycles. The predicted octanol–water partition coefficient (Wildman–Crippen LogP) is 2.37. The van der Waals surface area contributed by atoms with E-state index in [4.69, 9.17) is 11.6 Å². The minimum absolute atomic E-state index is 0.197. The third-order valence-electron chi connectivity index (χ3n) is 2.57. The minimum Gasteiger partial charge on any atom is -0.305 e. The van der Waals surface area contributed by atoms with Gasteiger partial charge >= 0.3 is 0 Å². The first-order valence-corrected chi connectivity index (χ1v) is 6.47. The molecule has 0 aliphatic carbocycles. The molecule has 1 aromatic carbocycles. The van der Waals surface area contributed by atoms with Crippen LogP contribution in [0.4, 0.5) is 0 Å². The molecule has 0 spiro atoms. The van der Waals surface area contributed by atoms with Crippen LogP contribution in [0.3, 0.4) is 0 Å². The van der Waals surface area contributed by atoms with Crippen molar-refractivity contribution in [1.29, 1.82) is 0 Å². The Hall–Kier alpha value is -2.66. The highest BCUT2D eigenvalue weighted by Crippen LogP contribution is 2.10. The first kappa shape index (κ1) is 14.7. The van der Waals surface area contributed by atoms with E-state index in [0.717, 1.165) is 0 Å². The van der Waals surface area contributed by atoms with Gasteiger partial charge in [0.2, 0.25) is 0 Å². The number of hydrazine groups is 1. The molecular weight excluding hydrogens is 290 g/mol. The molecule has 106 valence electrons. The van der Waals surface area contributed by atoms with E-state index in [1.165, 1.54) is 24.7 Å². The third kappa shape index (κ3) is 4.43. The molecule has 0 fully saturated rings. The second-order valence-electron chi connectivity index (χ2n) is 4.04. The van der Waals surface area contributed by atoms with Crippen LogP contribution in [-0.2, 0) is 0 Å². The Bertz CT molecular complexity index is 654. The third-order valence-corrected chi connectivity index (χ3v) is 2.83. The molecule has 2 rings (SSSR count). The van der Waals surface area contributed by atoms with Crippen LogP contribution in [0.25, 0.3) is 0 Å². The summed E-state index contributed by atoms with van der Waals surface area (Å²) in [6.45, 7) is 0. The highest BCUT2D eigenvalue weighted by Gasteiger charge is 2.03. The molecule has 0 atom stereocenters. The zero-order valence-corrected chi connectivity index (χ0v) is 11.7. The van der Waals surface area contributed by atoms with Crippen molar-refractivity contribution >= 4 is 23.3 Å². The smallest absolute Gasteiger partial charge is 0.269 e. The zero-order valence-electron chi connectivity index (χ0n) is 10.9. The van der Waals surface area contributed by atoms with E-state index >= 15 is 0 Å². The van der Waals surface area contributed by atoms with Crippen LogP contribution in [0.2, 0.25) is 5.02 Å². The summed E-state index contributed by atoms with van der Waals surface area (Å²) >= 11 is 5.74. The summed E-state index contributed by atoms with van der Waals surface area (Å²) < 4.78 is 0. The van der Waals surface area contributed by atoms with Gasteiger partial charge in [0.05, 0.1) is 0 Å². The van der Waals surface area contributed by atoms with Gasteiger partial charge < -0.3 is 5.43 Å². The largest absolute Gasteiger partial charge is 0.305 e. The summed E-state index contributed by atoms with van der Waals surface area (Å²) in [5.41, 5.74) is 5.97. The first-order valence-electron chi connectivity index (χ1n) is 6.09. The normalized spacial score (nSPS) is 10.3. The van der Waals surface area contributed by atoms with Gasteiger partial charge in [-0.3, -0.25) is 20.0 Å². The summed E-state index contributed by atoms with van der Waals surface area (Å²) in [7, 11) is 0. The van der Waals surface area contributed by atoms with Gasteiger partial charge in [0.15, 0.2) is 5.78 Å². The van der Waals surface area contributed by atoms with Gasteiger partial charge in [-0.2, -0.15) is 0 Å². The number of carbonyl (C=O) groups is 2. The number of pyridine rings is 1. The maximum atomic E-state index is 11.8. The molecule has 2 N–H and O–H groups in total. The van der Waals surface area contributed by atoms with Gasteiger partial charge in [-0.15, -0.1) is 0 Å². The Morgan fingerprint density at radius 3 is 2.33 bits per heavy atom. The lowest BCUT2D eigenvalue weighted by atomic mass is 10.1. The highest BCUT2D eigenvalue weighted by molar-refractivity contribution is 6.30. The monoisotopic (exact) mass is 301 g/mol. The second kappa shape index (κ2) is 7.21. The molecule has 0 aliphatic rings. The molecule has 0 radical (unpaired) electrons. The fourth-order valence-corrected chi connectivity index (χ4v) is 1.64. The van der Waals surface area contributed by atoms with Crippen molar-refractivity contribution in [3.8, 4) is 0 Å². The average Bonchev–Trinajstić information content (AvgIpc) is 2.52. The van der Waals surface area contributed by atoms with E-state index in [0.29, 0.717) is 16.1 Å². The average molecular weight is 302 g/mol. The Morgan fingerprint density at radius 2 is 1.67 bits per heavy atom. The van der Waals surface area contributed by atoms with Crippen LogP contribution in [-0.4, -0.2) is 16.7 Å². The molecule has 0 aliphatic heterocycles. The molecule has 2 aromatic rings. The van der Waals surface area contributed by atoms with Crippen LogP contribution < -0.4 is 10.9 Å². The Kier molecular flexibility index (Phi) is 5.06. The maximum Gasteiger partial charge on any atom is 0.269 e. The summed E-state index contributed by atoms with van der Waals surface area (Å²) in [4.78, 5) is 27.3. The molecule has 5 nitrogen and oxygen atoms in total. The number of hydrogen-bond donors (Lipinski definition) is 2. The summed E-state index contributed by atoms with van der Waals surface area (Å²) in [6, 6.07) is 9.71. The molecule has 1 aromatic heterocycles. The number of nitrogens with zero attached hydrogens (tertiary/aromatic N) is 1. The van der Waals surface area contributed by atoms with Crippen molar-refractivity contribution in [2.45, 2.75) is 0 Å². The summed E-state index contributed by atoms with van der Waals surface area (Å²) in [6.07, 6.45) is 5.72. The number of benzene rings is 1. The molecule has 6 heteroatoms. The lowest BCUT2D eigenvalue weighted by Gasteiger charge is -2.03. The van der Waals surface area contributed by atoms with E-state index < -0.39 is 0 Å². The topological polar surface area (TPSA) is 71.1 Å². The number of ketones is 1. The standard InChI is InChI=1S/C15H12ClN3O2/c16-13-3-1-11(2-4-13)14(20)7-10-18-19-15(21)12-5-8-17-9-6-12/h1-10,18H,(H,19,21)/b10-7+. The summed E-state index contributed by atoms with van der Waals surface area (Å²) in [5, 5.41) is 0.568. The minimum atomic E-state index is -0.319. The van der Waals surface area contributed by atoms with Crippen LogP contribution in [0.15, 0.2) is 61.1 Å². The number of amides is 1. The van der Waals surface area contributed by atoms with E-state index in [2.05, 4.69) is 15.8 Å². The fourth-order valence-electron chi connectivity index (χ4n) is 1.51. The van der Waals surface area contributed by atoms with Gasteiger partial charge in [0, 0.05) is 40.8 Å². The number of aromatic nitrogens is 1. The number of halogens is 1. The highest BCUT2D eigenvalue weighted by atomic mass is 35.5. The van der Waals surface area contributed by atoms with E-state index in [-0.39, 0.29) is 11.7 Å². The number of allylic oxidation sites excluding steroid dienone is 1. The van der Waals surface area contributed by atoms with Crippen molar-refractivity contribution < 1.29 is 9.59 Å². The molecule has 0 bridgehead atoms. The van der Waals surface area contributed by atoms with Gasteiger partial charge in [0.1, 0.15) is 0 Å². The fraction of sp³-hybridized carbons (Fsp3) is 0. The maximum absolute atomic E-state index is 11.8. The SMILES string of the molecule is O=C(/C=C/NNC(=O)c1ccncc1)c1ccc(Cl)cc1. The van der Waals surface area contributed by atoms with Crippen LogP contribution >= 0.6 is 11.6 Å². The van der Waals surface area contributed by atoms with Gasteiger partial charge in [0.25, 0.3) is 5.91 Å². The molecular formula is C15H12ClN3O2.